The smallest absolute Gasteiger partial charge is 0.166 e. The fraction of sp³-hybridized carbons (Fsp3) is 0.455. The molecule has 1 saturated carbocycles. The fourth-order valence-corrected chi connectivity index (χ4v) is 1.95. The summed E-state index contributed by atoms with van der Waals surface area (Å²) in [4.78, 5) is 0.526. The van der Waals surface area contributed by atoms with Crippen molar-refractivity contribution in [3.8, 4) is 0 Å². The molecule has 0 bridgehead atoms. The Morgan fingerprint density at radius 3 is 1.94 bits per heavy atom. The Hall–Kier alpha value is 0.0900. The lowest BCUT2D eigenvalue weighted by Gasteiger charge is -2.05. The Morgan fingerprint density at radius 1 is 1.19 bits per heavy atom. The van der Waals surface area contributed by atoms with E-state index >= 15 is 0 Å². The van der Waals surface area contributed by atoms with Gasteiger partial charge in [-0.3, -0.25) is 0 Å². The van der Waals surface area contributed by atoms with Gasteiger partial charge in [-0.15, -0.1) is 12.6 Å². The van der Waals surface area contributed by atoms with Gasteiger partial charge in [0.15, 0.2) is 0 Å². The summed E-state index contributed by atoms with van der Waals surface area (Å²) in [6.45, 7) is 0. The number of benzene rings is 1. The molecule has 0 nitrogen and oxygen atoms in total. The van der Waals surface area contributed by atoms with Crippen molar-refractivity contribution in [2.75, 3.05) is 4.43 Å². The van der Waals surface area contributed by atoms with Crippen LogP contribution in [0.1, 0.15) is 18.4 Å². The zero-order valence-corrected chi connectivity index (χ0v) is 11.5. The number of hydrogen-bond acceptors (Lipinski definition) is 1. The van der Waals surface area contributed by atoms with Gasteiger partial charge in [0.1, 0.15) is 0 Å². The molecular formula is C11H12F3IS. The summed E-state index contributed by atoms with van der Waals surface area (Å²) in [7, 11) is 0. The summed E-state index contributed by atoms with van der Waals surface area (Å²) in [5.41, 5.74) is -0.643. The van der Waals surface area contributed by atoms with E-state index in [4.69, 9.17) is 0 Å². The highest BCUT2D eigenvalue weighted by Crippen LogP contribution is 2.30. The molecule has 0 aromatic heterocycles. The number of hydrogen-bond donors (Lipinski definition) is 1. The van der Waals surface area contributed by atoms with Crippen molar-refractivity contribution in [1.29, 1.82) is 0 Å². The third kappa shape index (κ3) is 5.43. The van der Waals surface area contributed by atoms with Crippen LogP contribution in [0.15, 0.2) is 29.2 Å². The van der Waals surface area contributed by atoms with Gasteiger partial charge in [0, 0.05) is 9.32 Å². The molecular weight excluding hydrogens is 348 g/mol. The minimum Gasteiger partial charge on any atom is -0.166 e. The molecule has 1 aromatic carbocycles. The summed E-state index contributed by atoms with van der Waals surface area (Å²) in [6.07, 6.45) is -1.24. The summed E-state index contributed by atoms with van der Waals surface area (Å²) >= 11 is 6.30. The molecule has 0 amide bonds. The maximum Gasteiger partial charge on any atom is 0.416 e. The summed E-state index contributed by atoms with van der Waals surface area (Å²) in [5, 5.41) is 0. The average Bonchev–Trinajstić information content (AvgIpc) is 3.01. The van der Waals surface area contributed by atoms with Crippen LogP contribution in [0.3, 0.4) is 0 Å². The van der Waals surface area contributed by atoms with E-state index in [0.29, 0.717) is 4.90 Å². The van der Waals surface area contributed by atoms with Crippen molar-refractivity contribution >= 4 is 35.2 Å². The summed E-state index contributed by atoms with van der Waals surface area (Å²) in [5.74, 6) is 1.12. The SMILES string of the molecule is FC(F)(F)c1ccc(S)cc1.ICC1CC1. The summed E-state index contributed by atoms with van der Waals surface area (Å²) in [6, 6.07) is 4.63. The predicted molar refractivity (Wildman–Crippen MR) is 70.3 cm³/mol. The molecule has 1 aliphatic carbocycles. The lowest BCUT2D eigenvalue weighted by Crippen LogP contribution is -2.03. The average molecular weight is 360 g/mol. The van der Waals surface area contributed by atoms with E-state index in [-0.39, 0.29) is 0 Å². The second kappa shape index (κ2) is 6.14. The monoisotopic (exact) mass is 360 g/mol. The molecule has 5 heteroatoms. The van der Waals surface area contributed by atoms with Gasteiger partial charge in [-0.25, -0.2) is 0 Å². The van der Waals surface area contributed by atoms with Crippen LogP contribution in [0.4, 0.5) is 13.2 Å². The Bertz CT molecular complexity index is 317. The van der Waals surface area contributed by atoms with Crippen LogP contribution in [0.25, 0.3) is 0 Å². The number of thiol groups is 1. The van der Waals surface area contributed by atoms with Gasteiger partial charge >= 0.3 is 6.18 Å². The van der Waals surface area contributed by atoms with E-state index < -0.39 is 11.7 Å². The van der Waals surface area contributed by atoms with Gasteiger partial charge in [-0.2, -0.15) is 13.2 Å². The van der Waals surface area contributed by atoms with Gasteiger partial charge in [0.05, 0.1) is 5.56 Å². The first-order valence-electron chi connectivity index (χ1n) is 4.85. The van der Waals surface area contributed by atoms with Crippen molar-refractivity contribution in [1.82, 2.24) is 0 Å². The third-order valence-corrected chi connectivity index (χ3v) is 3.65. The van der Waals surface area contributed by atoms with E-state index in [1.807, 2.05) is 0 Å². The number of halogens is 4. The Balaban J connectivity index is 0.000000212. The minimum absolute atomic E-state index is 0.526. The molecule has 1 fully saturated rings. The van der Waals surface area contributed by atoms with Crippen molar-refractivity contribution in [2.24, 2.45) is 5.92 Å². The van der Waals surface area contributed by atoms with Crippen LogP contribution >= 0.6 is 35.2 Å². The zero-order valence-electron chi connectivity index (χ0n) is 8.47. The third-order valence-electron chi connectivity index (χ3n) is 2.11. The highest BCUT2D eigenvalue weighted by atomic mass is 127. The van der Waals surface area contributed by atoms with E-state index in [1.165, 1.54) is 29.4 Å². The van der Waals surface area contributed by atoms with Crippen molar-refractivity contribution in [3.05, 3.63) is 29.8 Å². The molecule has 2 rings (SSSR count). The van der Waals surface area contributed by atoms with E-state index in [1.54, 1.807) is 0 Å². The molecule has 16 heavy (non-hydrogen) atoms. The molecule has 0 unspecified atom stereocenters. The zero-order chi connectivity index (χ0) is 12.2. The van der Waals surface area contributed by atoms with Gasteiger partial charge in [-0.05, 0) is 43.0 Å². The predicted octanol–water partition coefficient (Wildman–Crippen LogP) is 4.83. The second-order valence-electron chi connectivity index (χ2n) is 3.64. The van der Waals surface area contributed by atoms with Crippen LogP contribution in [0, 0.1) is 5.92 Å². The summed E-state index contributed by atoms with van der Waals surface area (Å²) < 4.78 is 37.1. The molecule has 1 aromatic rings. The van der Waals surface area contributed by atoms with Crippen molar-refractivity contribution in [2.45, 2.75) is 23.9 Å². The van der Waals surface area contributed by atoms with Crippen molar-refractivity contribution in [3.63, 3.8) is 0 Å². The van der Waals surface area contributed by atoms with Crippen LogP contribution in [0.5, 0.6) is 0 Å². The van der Waals surface area contributed by atoms with Crippen molar-refractivity contribution < 1.29 is 13.2 Å². The molecule has 0 saturated heterocycles. The van der Waals surface area contributed by atoms with Crippen LogP contribution < -0.4 is 0 Å². The topological polar surface area (TPSA) is 0 Å². The molecule has 0 heterocycles. The fourth-order valence-electron chi connectivity index (χ4n) is 0.923. The highest BCUT2D eigenvalue weighted by Gasteiger charge is 2.29. The van der Waals surface area contributed by atoms with Gasteiger partial charge in [-0.1, -0.05) is 22.6 Å². The van der Waals surface area contributed by atoms with Crippen LogP contribution in [0.2, 0.25) is 0 Å². The Kier molecular flexibility index (Phi) is 5.43. The Labute approximate surface area is 112 Å². The normalized spacial score (nSPS) is 15.3. The second-order valence-corrected chi connectivity index (χ2v) is 5.04. The van der Waals surface area contributed by atoms with Gasteiger partial charge in [0.2, 0.25) is 0 Å². The molecule has 90 valence electrons. The van der Waals surface area contributed by atoms with Gasteiger partial charge < -0.3 is 0 Å². The largest absolute Gasteiger partial charge is 0.416 e. The Morgan fingerprint density at radius 2 is 1.69 bits per heavy atom. The molecule has 0 atom stereocenters. The highest BCUT2D eigenvalue weighted by molar-refractivity contribution is 14.1. The first kappa shape index (κ1) is 14.2. The van der Waals surface area contributed by atoms with E-state index in [2.05, 4.69) is 35.2 Å². The van der Waals surface area contributed by atoms with E-state index in [0.717, 1.165) is 18.1 Å². The molecule has 1 aliphatic rings. The quantitative estimate of drug-likeness (QED) is 0.414. The number of alkyl halides is 4. The molecule has 0 aliphatic heterocycles. The first-order chi connectivity index (χ1) is 7.43. The van der Waals surface area contributed by atoms with Crippen LogP contribution in [-0.2, 0) is 6.18 Å². The minimum atomic E-state index is -4.25. The van der Waals surface area contributed by atoms with Gasteiger partial charge in [0.25, 0.3) is 0 Å². The molecule has 0 spiro atoms. The lowest BCUT2D eigenvalue weighted by atomic mass is 10.2. The number of rotatable bonds is 1. The van der Waals surface area contributed by atoms with E-state index in [9.17, 15) is 13.2 Å². The lowest BCUT2D eigenvalue weighted by molar-refractivity contribution is -0.137. The maximum atomic E-state index is 11.9. The maximum absolute atomic E-state index is 11.9. The molecule has 0 N–H and O–H groups in total. The first-order valence-corrected chi connectivity index (χ1v) is 6.83. The molecule has 0 radical (unpaired) electrons. The van der Waals surface area contributed by atoms with Crippen LogP contribution in [-0.4, -0.2) is 4.43 Å². The standard InChI is InChI=1S/C7H5F3S.C4H7I/c8-7(9,10)5-1-3-6(11)4-2-5;5-3-4-1-2-4/h1-4,11H;4H,1-3H2.